The summed E-state index contributed by atoms with van der Waals surface area (Å²) in [4.78, 5) is 27.9. The molecule has 0 bridgehead atoms. The fourth-order valence-corrected chi connectivity index (χ4v) is 1.93. The molecular formula is C17H15FN2O4. The highest BCUT2D eigenvalue weighted by Gasteiger charge is 2.11. The zero-order valence-corrected chi connectivity index (χ0v) is 12.8. The summed E-state index contributed by atoms with van der Waals surface area (Å²) in [5.41, 5.74) is 1.35. The molecule has 0 heterocycles. The summed E-state index contributed by atoms with van der Waals surface area (Å²) in [5.74, 6) is -0.813. The maximum absolute atomic E-state index is 12.9. The first-order valence-electron chi connectivity index (χ1n) is 7.02. The Hall–Kier alpha value is -3.22. The fourth-order valence-electron chi connectivity index (χ4n) is 1.93. The van der Waals surface area contributed by atoms with Crippen molar-refractivity contribution in [2.75, 3.05) is 5.32 Å². The van der Waals surface area contributed by atoms with Gasteiger partial charge in [0.05, 0.1) is 5.69 Å². The maximum atomic E-state index is 12.9. The molecule has 0 aromatic heterocycles. The first-order chi connectivity index (χ1) is 11.5. The lowest BCUT2D eigenvalue weighted by Gasteiger charge is -2.08. The van der Waals surface area contributed by atoms with Gasteiger partial charge in [-0.15, -0.1) is 0 Å². The zero-order chi connectivity index (χ0) is 17.5. The van der Waals surface area contributed by atoms with Gasteiger partial charge in [-0.3, -0.25) is 10.1 Å². The van der Waals surface area contributed by atoms with E-state index in [0.29, 0.717) is 16.8 Å². The van der Waals surface area contributed by atoms with Crippen molar-refractivity contribution in [1.29, 1.82) is 0 Å². The van der Waals surface area contributed by atoms with Crippen molar-refractivity contribution in [2.24, 2.45) is 5.16 Å². The van der Waals surface area contributed by atoms with Crippen molar-refractivity contribution in [3.8, 4) is 0 Å². The van der Waals surface area contributed by atoms with Crippen LogP contribution in [0.3, 0.4) is 0 Å². The lowest BCUT2D eigenvalue weighted by molar-refractivity contribution is 0.103. The van der Waals surface area contributed by atoms with Gasteiger partial charge in [-0.25, -0.2) is 9.18 Å². The third kappa shape index (κ3) is 4.64. The van der Waals surface area contributed by atoms with E-state index >= 15 is 0 Å². The number of nitrogens with zero attached hydrogens (tertiary/aromatic N) is 1. The summed E-state index contributed by atoms with van der Waals surface area (Å²) in [5, 5.41) is 14.8. The second kappa shape index (κ2) is 7.87. The Morgan fingerprint density at radius 3 is 2.50 bits per heavy atom. The lowest BCUT2D eigenvalue weighted by Crippen LogP contribution is -2.12. The molecule has 0 atom stereocenters. The molecule has 0 aliphatic carbocycles. The van der Waals surface area contributed by atoms with Crippen molar-refractivity contribution in [3.63, 3.8) is 0 Å². The molecule has 2 N–H and O–H groups in total. The normalized spacial score (nSPS) is 11.0. The summed E-state index contributed by atoms with van der Waals surface area (Å²) in [6, 6.07) is 11.8. The SMILES string of the molecule is C/C(=N\OCc1ccccc1NC(=O)O)C(=O)c1ccc(F)cc1. The third-order valence-corrected chi connectivity index (χ3v) is 3.12. The standard InChI is InChI=1S/C17H15FN2O4/c1-11(16(21)12-6-8-14(18)9-7-12)20-24-10-13-4-2-3-5-15(13)19-17(22)23/h2-9,19H,10H2,1H3,(H,22,23)/b20-11+. The minimum absolute atomic E-state index is 0.00943. The molecule has 7 heteroatoms. The van der Waals surface area contributed by atoms with Crippen molar-refractivity contribution < 1.29 is 23.9 Å². The van der Waals surface area contributed by atoms with Crippen LogP contribution in [0.4, 0.5) is 14.9 Å². The number of anilines is 1. The minimum Gasteiger partial charge on any atom is -0.465 e. The van der Waals surface area contributed by atoms with Gasteiger partial charge in [-0.1, -0.05) is 23.4 Å². The van der Waals surface area contributed by atoms with Gasteiger partial charge >= 0.3 is 6.09 Å². The van der Waals surface area contributed by atoms with Crippen LogP contribution in [0.5, 0.6) is 0 Å². The number of amides is 1. The Morgan fingerprint density at radius 2 is 1.83 bits per heavy atom. The molecule has 0 saturated heterocycles. The zero-order valence-electron chi connectivity index (χ0n) is 12.8. The predicted octanol–water partition coefficient (Wildman–Crippen LogP) is 3.69. The number of para-hydroxylation sites is 1. The number of hydrogen-bond acceptors (Lipinski definition) is 4. The molecule has 2 aromatic carbocycles. The summed E-state index contributed by atoms with van der Waals surface area (Å²) < 4.78 is 12.9. The summed E-state index contributed by atoms with van der Waals surface area (Å²) >= 11 is 0. The van der Waals surface area contributed by atoms with Crippen molar-refractivity contribution >= 4 is 23.3 Å². The van der Waals surface area contributed by atoms with Gasteiger partial charge in [0, 0.05) is 11.1 Å². The van der Waals surface area contributed by atoms with Crippen LogP contribution >= 0.6 is 0 Å². The molecule has 124 valence electrons. The molecule has 0 unspecified atom stereocenters. The number of carbonyl (C=O) groups excluding carboxylic acids is 1. The molecule has 0 saturated carbocycles. The number of hydrogen-bond donors (Lipinski definition) is 2. The smallest absolute Gasteiger partial charge is 0.409 e. The molecule has 0 spiro atoms. The molecule has 2 aromatic rings. The second-order valence-electron chi connectivity index (χ2n) is 4.87. The topological polar surface area (TPSA) is 88.0 Å². The van der Waals surface area contributed by atoms with E-state index in [1.165, 1.54) is 31.2 Å². The van der Waals surface area contributed by atoms with Crippen molar-refractivity contribution in [1.82, 2.24) is 0 Å². The number of Topliss-reactive ketones (excluding diaryl/α,β-unsaturated/α-hetero) is 1. The molecule has 0 aliphatic rings. The molecule has 0 radical (unpaired) electrons. The predicted molar refractivity (Wildman–Crippen MR) is 86.7 cm³/mol. The molecule has 6 nitrogen and oxygen atoms in total. The summed E-state index contributed by atoms with van der Waals surface area (Å²) in [6.07, 6.45) is -1.19. The van der Waals surface area contributed by atoms with Crippen LogP contribution in [0.15, 0.2) is 53.7 Å². The van der Waals surface area contributed by atoms with Crippen LogP contribution < -0.4 is 5.32 Å². The van der Waals surface area contributed by atoms with Crippen LogP contribution in [0.2, 0.25) is 0 Å². The Morgan fingerprint density at radius 1 is 1.17 bits per heavy atom. The van der Waals surface area contributed by atoms with Crippen LogP contribution in [-0.4, -0.2) is 22.7 Å². The monoisotopic (exact) mass is 330 g/mol. The van der Waals surface area contributed by atoms with E-state index < -0.39 is 11.9 Å². The summed E-state index contributed by atoms with van der Waals surface area (Å²) in [7, 11) is 0. The summed E-state index contributed by atoms with van der Waals surface area (Å²) in [6.45, 7) is 1.47. The van der Waals surface area contributed by atoms with Crippen LogP contribution in [-0.2, 0) is 11.4 Å². The van der Waals surface area contributed by atoms with E-state index in [4.69, 9.17) is 9.94 Å². The number of benzene rings is 2. The van der Waals surface area contributed by atoms with Gasteiger partial charge in [0.2, 0.25) is 5.78 Å². The van der Waals surface area contributed by atoms with E-state index in [0.717, 1.165) is 0 Å². The van der Waals surface area contributed by atoms with Crippen molar-refractivity contribution in [2.45, 2.75) is 13.5 Å². The Kier molecular flexibility index (Phi) is 5.62. The van der Waals surface area contributed by atoms with E-state index in [9.17, 15) is 14.0 Å². The van der Waals surface area contributed by atoms with E-state index in [-0.39, 0.29) is 18.1 Å². The molecule has 24 heavy (non-hydrogen) atoms. The van der Waals surface area contributed by atoms with E-state index in [1.54, 1.807) is 24.3 Å². The van der Waals surface area contributed by atoms with E-state index in [2.05, 4.69) is 10.5 Å². The van der Waals surface area contributed by atoms with Crippen LogP contribution in [0, 0.1) is 5.82 Å². The number of nitrogens with one attached hydrogen (secondary N) is 1. The third-order valence-electron chi connectivity index (χ3n) is 3.12. The molecule has 2 rings (SSSR count). The Balaban J connectivity index is 2.02. The number of oxime groups is 1. The molecular weight excluding hydrogens is 315 g/mol. The van der Waals surface area contributed by atoms with Gasteiger partial charge in [0.25, 0.3) is 0 Å². The molecule has 0 aliphatic heterocycles. The van der Waals surface area contributed by atoms with Gasteiger partial charge in [-0.05, 0) is 37.3 Å². The molecule has 1 amide bonds. The number of carbonyl (C=O) groups is 2. The van der Waals surface area contributed by atoms with Gasteiger partial charge in [-0.2, -0.15) is 0 Å². The van der Waals surface area contributed by atoms with E-state index in [1.807, 2.05) is 0 Å². The second-order valence-corrected chi connectivity index (χ2v) is 4.87. The maximum Gasteiger partial charge on any atom is 0.409 e. The highest BCUT2D eigenvalue weighted by Crippen LogP contribution is 2.16. The highest BCUT2D eigenvalue weighted by molar-refractivity contribution is 6.45. The fraction of sp³-hybridized carbons (Fsp3) is 0.118. The lowest BCUT2D eigenvalue weighted by atomic mass is 10.1. The van der Waals surface area contributed by atoms with Gasteiger partial charge < -0.3 is 9.94 Å². The average molecular weight is 330 g/mol. The molecule has 0 fully saturated rings. The van der Waals surface area contributed by atoms with Crippen LogP contribution in [0.25, 0.3) is 0 Å². The largest absolute Gasteiger partial charge is 0.465 e. The van der Waals surface area contributed by atoms with Crippen LogP contribution in [0.1, 0.15) is 22.8 Å². The quantitative estimate of drug-likeness (QED) is 0.480. The Labute approximate surface area is 137 Å². The number of rotatable bonds is 6. The number of carboxylic acid groups (broad SMARTS) is 1. The number of ketones is 1. The minimum atomic E-state index is -1.19. The highest BCUT2D eigenvalue weighted by atomic mass is 19.1. The Bertz CT molecular complexity index is 772. The first-order valence-corrected chi connectivity index (χ1v) is 7.02. The van der Waals surface area contributed by atoms with Gasteiger partial charge in [0.1, 0.15) is 18.1 Å². The average Bonchev–Trinajstić information content (AvgIpc) is 2.56. The number of halogens is 1. The van der Waals surface area contributed by atoms with Crippen molar-refractivity contribution in [3.05, 3.63) is 65.5 Å². The van der Waals surface area contributed by atoms with Gasteiger partial charge in [0.15, 0.2) is 0 Å². The first kappa shape index (κ1) is 17.1.